The molecule has 5 nitrogen and oxygen atoms in total. The minimum absolute atomic E-state index is 0.246. The summed E-state index contributed by atoms with van der Waals surface area (Å²) in [6, 6.07) is 3.64. The summed E-state index contributed by atoms with van der Waals surface area (Å²) >= 11 is 0. The average Bonchev–Trinajstić information content (AvgIpc) is 2.74. The molecule has 0 aromatic carbocycles. The molecule has 2 aromatic rings. The average molecular weight is 202 g/mol. The van der Waals surface area contributed by atoms with E-state index < -0.39 is 0 Å². The molecule has 15 heavy (non-hydrogen) atoms. The van der Waals surface area contributed by atoms with Gasteiger partial charge in [0.15, 0.2) is 0 Å². The van der Waals surface area contributed by atoms with Crippen molar-refractivity contribution in [2.45, 2.75) is 6.92 Å². The predicted molar refractivity (Wildman–Crippen MR) is 55.5 cm³/mol. The monoisotopic (exact) mass is 202 g/mol. The van der Waals surface area contributed by atoms with E-state index in [-0.39, 0.29) is 5.91 Å². The lowest BCUT2D eigenvalue weighted by Gasteiger charge is -2.01. The number of nitrogens with zero attached hydrogens (tertiary/aromatic N) is 2. The molecule has 1 amide bonds. The van der Waals surface area contributed by atoms with E-state index in [1.807, 2.05) is 13.0 Å². The SMILES string of the molecule is Cc1ccc(NC(=O)c2cnc[nH]2)nc1. The Labute approximate surface area is 86.6 Å². The highest BCUT2D eigenvalue weighted by atomic mass is 16.1. The van der Waals surface area contributed by atoms with Gasteiger partial charge >= 0.3 is 0 Å². The number of hydrogen-bond acceptors (Lipinski definition) is 3. The lowest BCUT2D eigenvalue weighted by molar-refractivity contribution is 0.102. The molecule has 0 atom stereocenters. The van der Waals surface area contributed by atoms with Crippen LogP contribution in [0, 0.1) is 6.92 Å². The molecule has 2 aromatic heterocycles. The van der Waals surface area contributed by atoms with Gasteiger partial charge in [-0.15, -0.1) is 0 Å². The third-order valence-electron chi connectivity index (χ3n) is 1.90. The molecular formula is C10H10N4O. The van der Waals surface area contributed by atoms with Gasteiger partial charge in [-0.05, 0) is 18.6 Å². The van der Waals surface area contributed by atoms with Crippen molar-refractivity contribution in [3.05, 3.63) is 42.1 Å². The van der Waals surface area contributed by atoms with Gasteiger partial charge in [0.2, 0.25) is 0 Å². The maximum atomic E-state index is 11.5. The number of aromatic nitrogens is 3. The summed E-state index contributed by atoms with van der Waals surface area (Å²) in [6.45, 7) is 1.94. The Kier molecular flexibility index (Phi) is 2.45. The molecule has 5 heteroatoms. The van der Waals surface area contributed by atoms with Crippen molar-refractivity contribution in [3.63, 3.8) is 0 Å². The Hall–Kier alpha value is -2.17. The number of carbonyl (C=O) groups is 1. The van der Waals surface area contributed by atoms with Crippen LogP contribution in [0.2, 0.25) is 0 Å². The predicted octanol–water partition coefficient (Wildman–Crippen LogP) is 1.37. The van der Waals surface area contributed by atoms with E-state index in [1.165, 1.54) is 12.5 Å². The second-order valence-electron chi connectivity index (χ2n) is 3.14. The van der Waals surface area contributed by atoms with Crippen molar-refractivity contribution < 1.29 is 4.79 Å². The number of nitrogens with one attached hydrogen (secondary N) is 2. The Balaban J connectivity index is 2.09. The van der Waals surface area contributed by atoms with Crippen LogP contribution in [-0.2, 0) is 0 Å². The Morgan fingerprint density at radius 1 is 1.40 bits per heavy atom. The van der Waals surface area contributed by atoms with E-state index in [1.54, 1.807) is 12.3 Å². The van der Waals surface area contributed by atoms with Gasteiger partial charge in [-0.25, -0.2) is 9.97 Å². The van der Waals surface area contributed by atoms with Gasteiger partial charge in [-0.3, -0.25) is 4.79 Å². The molecule has 0 aliphatic carbocycles. The van der Waals surface area contributed by atoms with Crippen LogP contribution in [0.3, 0.4) is 0 Å². The van der Waals surface area contributed by atoms with Gasteiger partial charge in [0, 0.05) is 6.20 Å². The largest absolute Gasteiger partial charge is 0.341 e. The first-order valence-electron chi connectivity index (χ1n) is 4.48. The summed E-state index contributed by atoms with van der Waals surface area (Å²) in [5.74, 6) is 0.282. The number of aryl methyl sites for hydroxylation is 1. The molecule has 2 rings (SSSR count). The molecule has 0 bridgehead atoms. The standard InChI is InChI=1S/C10H10N4O/c1-7-2-3-9(12-4-7)14-10(15)8-5-11-6-13-8/h2-6H,1H3,(H,11,13)(H,12,14,15). The molecule has 0 aliphatic heterocycles. The number of imidazole rings is 1. The molecule has 0 aliphatic rings. The fourth-order valence-electron chi connectivity index (χ4n) is 1.11. The van der Waals surface area contributed by atoms with Crippen LogP contribution >= 0.6 is 0 Å². The molecule has 0 unspecified atom stereocenters. The summed E-state index contributed by atoms with van der Waals surface area (Å²) < 4.78 is 0. The van der Waals surface area contributed by atoms with Gasteiger partial charge in [-0.2, -0.15) is 0 Å². The van der Waals surface area contributed by atoms with Crippen LogP contribution in [0.1, 0.15) is 16.1 Å². The summed E-state index contributed by atoms with van der Waals surface area (Å²) in [5.41, 5.74) is 1.46. The fraction of sp³-hybridized carbons (Fsp3) is 0.100. The number of amides is 1. The molecule has 76 valence electrons. The summed E-state index contributed by atoms with van der Waals surface area (Å²) in [5, 5.41) is 2.65. The third-order valence-corrected chi connectivity index (χ3v) is 1.90. The van der Waals surface area contributed by atoms with Gasteiger partial charge in [0.05, 0.1) is 12.5 Å². The molecule has 0 radical (unpaired) electrons. The van der Waals surface area contributed by atoms with Crippen molar-refractivity contribution in [2.75, 3.05) is 5.32 Å². The zero-order chi connectivity index (χ0) is 10.7. The zero-order valence-electron chi connectivity index (χ0n) is 8.19. The highest BCUT2D eigenvalue weighted by Gasteiger charge is 2.06. The number of pyridine rings is 1. The first-order valence-corrected chi connectivity index (χ1v) is 4.48. The minimum Gasteiger partial charge on any atom is -0.341 e. The van der Waals surface area contributed by atoms with Crippen LogP contribution in [0.25, 0.3) is 0 Å². The number of aromatic amines is 1. The Bertz CT molecular complexity index is 447. The van der Waals surface area contributed by atoms with E-state index in [0.717, 1.165) is 5.56 Å². The lowest BCUT2D eigenvalue weighted by Crippen LogP contribution is -2.13. The molecule has 0 saturated heterocycles. The van der Waals surface area contributed by atoms with Crippen LogP contribution < -0.4 is 5.32 Å². The zero-order valence-corrected chi connectivity index (χ0v) is 8.19. The molecule has 0 saturated carbocycles. The van der Waals surface area contributed by atoms with Gasteiger partial charge in [-0.1, -0.05) is 6.07 Å². The molecular weight excluding hydrogens is 192 g/mol. The first kappa shape index (κ1) is 9.39. The number of rotatable bonds is 2. The Morgan fingerprint density at radius 3 is 2.87 bits per heavy atom. The van der Waals surface area contributed by atoms with Crippen molar-refractivity contribution >= 4 is 11.7 Å². The topological polar surface area (TPSA) is 70.7 Å². The number of H-pyrrole nitrogens is 1. The highest BCUT2D eigenvalue weighted by Crippen LogP contribution is 2.05. The lowest BCUT2D eigenvalue weighted by atomic mass is 10.3. The van der Waals surface area contributed by atoms with E-state index in [9.17, 15) is 4.79 Å². The summed E-state index contributed by atoms with van der Waals surface area (Å²) in [7, 11) is 0. The fourth-order valence-corrected chi connectivity index (χ4v) is 1.11. The van der Waals surface area contributed by atoms with Crippen LogP contribution in [-0.4, -0.2) is 20.9 Å². The van der Waals surface area contributed by atoms with E-state index >= 15 is 0 Å². The van der Waals surface area contributed by atoms with Crippen molar-refractivity contribution in [2.24, 2.45) is 0 Å². The van der Waals surface area contributed by atoms with E-state index in [2.05, 4.69) is 20.3 Å². The van der Waals surface area contributed by atoms with Crippen LogP contribution in [0.15, 0.2) is 30.9 Å². The number of hydrogen-bond donors (Lipinski definition) is 2. The molecule has 0 spiro atoms. The maximum Gasteiger partial charge on any atom is 0.274 e. The third kappa shape index (κ3) is 2.19. The quantitative estimate of drug-likeness (QED) is 0.772. The maximum absolute atomic E-state index is 11.5. The van der Waals surface area contributed by atoms with Crippen LogP contribution in [0.4, 0.5) is 5.82 Å². The van der Waals surface area contributed by atoms with E-state index in [4.69, 9.17) is 0 Å². The number of carbonyl (C=O) groups excluding carboxylic acids is 1. The van der Waals surface area contributed by atoms with Crippen molar-refractivity contribution in [1.29, 1.82) is 0 Å². The van der Waals surface area contributed by atoms with Crippen LogP contribution in [0.5, 0.6) is 0 Å². The number of anilines is 1. The highest BCUT2D eigenvalue weighted by molar-refractivity contribution is 6.02. The summed E-state index contributed by atoms with van der Waals surface area (Å²) in [4.78, 5) is 22.1. The smallest absolute Gasteiger partial charge is 0.274 e. The van der Waals surface area contributed by atoms with Crippen molar-refractivity contribution in [1.82, 2.24) is 15.0 Å². The molecule has 0 fully saturated rings. The normalized spacial score (nSPS) is 9.93. The first-order chi connectivity index (χ1) is 7.25. The minimum atomic E-state index is -0.246. The van der Waals surface area contributed by atoms with Gasteiger partial charge < -0.3 is 10.3 Å². The molecule has 2 heterocycles. The Morgan fingerprint density at radius 2 is 2.27 bits per heavy atom. The van der Waals surface area contributed by atoms with Gasteiger partial charge in [0.1, 0.15) is 11.5 Å². The second kappa shape index (κ2) is 3.91. The second-order valence-corrected chi connectivity index (χ2v) is 3.14. The van der Waals surface area contributed by atoms with E-state index in [0.29, 0.717) is 11.5 Å². The molecule has 2 N–H and O–H groups in total. The van der Waals surface area contributed by atoms with Crippen molar-refractivity contribution in [3.8, 4) is 0 Å². The summed E-state index contributed by atoms with van der Waals surface area (Å²) in [6.07, 6.45) is 4.61. The van der Waals surface area contributed by atoms with Gasteiger partial charge in [0.25, 0.3) is 5.91 Å².